The van der Waals surface area contributed by atoms with E-state index >= 15 is 0 Å². The first-order valence-electron chi connectivity index (χ1n) is 7.42. The SMILES string of the molecule is Cc1ccc(Nc2cc(C3CC3)nc(NCCO)n2)c(Cl)c1. The van der Waals surface area contributed by atoms with E-state index in [-0.39, 0.29) is 6.61 Å². The maximum Gasteiger partial charge on any atom is 0.224 e. The van der Waals surface area contributed by atoms with Crippen LogP contribution < -0.4 is 10.6 Å². The molecular formula is C16H19ClN4O. The Kier molecular flexibility index (Phi) is 4.45. The van der Waals surface area contributed by atoms with E-state index in [0.717, 1.165) is 16.9 Å². The monoisotopic (exact) mass is 318 g/mol. The lowest BCUT2D eigenvalue weighted by Crippen LogP contribution is -2.10. The predicted molar refractivity (Wildman–Crippen MR) is 89.1 cm³/mol. The van der Waals surface area contributed by atoms with Crippen LogP contribution in [-0.4, -0.2) is 28.2 Å². The van der Waals surface area contributed by atoms with E-state index in [9.17, 15) is 0 Å². The van der Waals surface area contributed by atoms with Gasteiger partial charge in [0.2, 0.25) is 5.95 Å². The summed E-state index contributed by atoms with van der Waals surface area (Å²) in [7, 11) is 0. The van der Waals surface area contributed by atoms with Crippen molar-refractivity contribution in [2.45, 2.75) is 25.7 Å². The summed E-state index contributed by atoms with van der Waals surface area (Å²) >= 11 is 6.26. The Bertz CT molecular complexity index is 673. The maximum atomic E-state index is 8.93. The van der Waals surface area contributed by atoms with Gasteiger partial charge in [-0.1, -0.05) is 17.7 Å². The van der Waals surface area contributed by atoms with Crippen LogP contribution in [0.25, 0.3) is 0 Å². The molecule has 0 atom stereocenters. The van der Waals surface area contributed by atoms with Crippen molar-refractivity contribution in [3.05, 3.63) is 40.5 Å². The van der Waals surface area contributed by atoms with E-state index in [4.69, 9.17) is 16.7 Å². The number of hydrogen-bond acceptors (Lipinski definition) is 5. The Morgan fingerprint density at radius 3 is 2.77 bits per heavy atom. The van der Waals surface area contributed by atoms with Crippen molar-refractivity contribution >= 4 is 29.1 Å². The molecule has 1 aromatic heterocycles. The van der Waals surface area contributed by atoms with Crippen molar-refractivity contribution in [2.24, 2.45) is 0 Å². The third-order valence-corrected chi connectivity index (χ3v) is 3.84. The standard InChI is InChI=1S/C16H19ClN4O/c1-10-2-5-13(12(17)8-10)19-15-9-14(11-3-4-11)20-16(21-15)18-6-7-22/h2,5,8-9,11,22H,3-4,6-7H2,1H3,(H2,18,19,20,21). The minimum absolute atomic E-state index is 0.0452. The molecule has 3 rings (SSSR count). The molecule has 116 valence electrons. The molecule has 0 unspecified atom stereocenters. The van der Waals surface area contributed by atoms with Crippen molar-refractivity contribution in [2.75, 3.05) is 23.8 Å². The Labute approximate surface area is 134 Å². The molecule has 3 N–H and O–H groups in total. The molecule has 1 fully saturated rings. The molecule has 0 bridgehead atoms. The first-order chi connectivity index (χ1) is 10.7. The number of rotatable bonds is 6. The van der Waals surface area contributed by atoms with Gasteiger partial charge in [-0.3, -0.25) is 0 Å². The van der Waals surface area contributed by atoms with E-state index in [0.29, 0.717) is 29.3 Å². The molecule has 0 aliphatic heterocycles. The summed E-state index contributed by atoms with van der Waals surface area (Å²) < 4.78 is 0. The zero-order valence-electron chi connectivity index (χ0n) is 12.4. The number of benzene rings is 1. The van der Waals surface area contributed by atoms with E-state index in [2.05, 4.69) is 20.6 Å². The second kappa shape index (κ2) is 6.50. The predicted octanol–water partition coefficient (Wildman–Crippen LogP) is 3.46. The van der Waals surface area contributed by atoms with Gasteiger partial charge in [-0.25, -0.2) is 4.98 Å². The van der Waals surface area contributed by atoms with Gasteiger partial charge < -0.3 is 15.7 Å². The lowest BCUT2D eigenvalue weighted by molar-refractivity contribution is 0.311. The molecule has 6 heteroatoms. The second-order valence-electron chi connectivity index (χ2n) is 5.53. The molecule has 0 saturated heterocycles. The molecule has 22 heavy (non-hydrogen) atoms. The smallest absolute Gasteiger partial charge is 0.224 e. The molecule has 5 nitrogen and oxygen atoms in total. The van der Waals surface area contributed by atoms with Gasteiger partial charge in [0.15, 0.2) is 0 Å². The van der Waals surface area contributed by atoms with Crippen molar-refractivity contribution in [1.82, 2.24) is 9.97 Å². The molecule has 1 aromatic carbocycles. The summed E-state index contributed by atoms with van der Waals surface area (Å²) in [5.41, 5.74) is 2.96. The number of nitrogens with one attached hydrogen (secondary N) is 2. The van der Waals surface area contributed by atoms with Crippen LogP contribution in [0.5, 0.6) is 0 Å². The van der Waals surface area contributed by atoms with Crippen LogP contribution in [0.15, 0.2) is 24.3 Å². The fraction of sp³-hybridized carbons (Fsp3) is 0.375. The van der Waals surface area contributed by atoms with Gasteiger partial charge in [-0.05, 0) is 37.5 Å². The minimum Gasteiger partial charge on any atom is -0.395 e. The topological polar surface area (TPSA) is 70.1 Å². The molecule has 0 amide bonds. The highest BCUT2D eigenvalue weighted by Gasteiger charge is 2.26. The number of hydrogen-bond donors (Lipinski definition) is 3. The van der Waals surface area contributed by atoms with E-state index in [1.807, 2.05) is 31.2 Å². The number of nitrogens with zero attached hydrogens (tertiary/aromatic N) is 2. The van der Waals surface area contributed by atoms with Crippen LogP contribution in [0, 0.1) is 6.92 Å². The number of aryl methyl sites for hydroxylation is 1. The minimum atomic E-state index is 0.0452. The molecule has 1 saturated carbocycles. The third kappa shape index (κ3) is 3.67. The van der Waals surface area contributed by atoms with Gasteiger partial charge in [0.1, 0.15) is 5.82 Å². The Morgan fingerprint density at radius 2 is 2.09 bits per heavy atom. The lowest BCUT2D eigenvalue weighted by Gasteiger charge is -2.12. The summed E-state index contributed by atoms with van der Waals surface area (Å²) in [6.07, 6.45) is 2.34. The number of halogens is 1. The summed E-state index contributed by atoms with van der Waals surface area (Å²) in [6.45, 7) is 2.48. The lowest BCUT2D eigenvalue weighted by atomic mass is 10.2. The summed E-state index contributed by atoms with van der Waals surface area (Å²) in [6, 6.07) is 7.83. The average molecular weight is 319 g/mol. The van der Waals surface area contributed by atoms with Gasteiger partial charge in [-0.15, -0.1) is 0 Å². The van der Waals surface area contributed by atoms with Gasteiger partial charge in [-0.2, -0.15) is 4.98 Å². The van der Waals surface area contributed by atoms with E-state index in [1.54, 1.807) is 0 Å². The molecule has 0 spiro atoms. The largest absolute Gasteiger partial charge is 0.395 e. The highest BCUT2D eigenvalue weighted by Crippen LogP contribution is 2.40. The Balaban J connectivity index is 1.86. The number of aromatic nitrogens is 2. The van der Waals surface area contributed by atoms with Crippen molar-refractivity contribution in [3.63, 3.8) is 0 Å². The van der Waals surface area contributed by atoms with Crippen LogP contribution >= 0.6 is 11.6 Å². The summed E-state index contributed by atoms with van der Waals surface area (Å²) in [5, 5.41) is 15.9. The summed E-state index contributed by atoms with van der Waals surface area (Å²) in [5.74, 6) is 1.76. The highest BCUT2D eigenvalue weighted by atomic mass is 35.5. The van der Waals surface area contributed by atoms with Gasteiger partial charge in [0, 0.05) is 18.5 Å². The molecule has 1 heterocycles. The van der Waals surface area contributed by atoms with Crippen LogP contribution in [0.2, 0.25) is 5.02 Å². The van der Waals surface area contributed by atoms with Gasteiger partial charge in [0.05, 0.1) is 23.0 Å². The third-order valence-electron chi connectivity index (χ3n) is 3.52. The van der Waals surface area contributed by atoms with E-state index in [1.165, 1.54) is 12.8 Å². The molecule has 2 aromatic rings. The summed E-state index contributed by atoms with van der Waals surface area (Å²) in [4.78, 5) is 8.94. The fourth-order valence-electron chi connectivity index (χ4n) is 2.22. The van der Waals surface area contributed by atoms with Gasteiger partial charge in [0.25, 0.3) is 0 Å². The first-order valence-corrected chi connectivity index (χ1v) is 7.80. The normalized spacial score (nSPS) is 14.0. The molecule has 1 aliphatic carbocycles. The number of anilines is 3. The molecule has 1 aliphatic rings. The zero-order chi connectivity index (χ0) is 15.5. The van der Waals surface area contributed by atoms with Gasteiger partial charge >= 0.3 is 0 Å². The molecular weight excluding hydrogens is 300 g/mol. The van der Waals surface area contributed by atoms with Crippen LogP contribution in [-0.2, 0) is 0 Å². The average Bonchev–Trinajstić information content (AvgIpc) is 3.33. The maximum absolute atomic E-state index is 8.93. The number of aliphatic hydroxyl groups is 1. The highest BCUT2D eigenvalue weighted by molar-refractivity contribution is 6.33. The van der Waals surface area contributed by atoms with Crippen LogP contribution in [0.3, 0.4) is 0 Å². The van der Waals surface area contributed by atoms with E-state index < -0.39 is 0 Å². The first kappa shape index (κ1) is 15.1. The van der Waals surface area contributed by atoms with Crippen molar-refractivity contribution < 1.29 is 5.11 Å². The van der Waals surface area contributed by atoms with Crippen molar-refractivity contribution in [3.8, 4) is 0 Å². The number of aliphatic hydroxyl groups excluding tert-OH is 1. The fourth-order valence-corrected chi connectivity index (χ4v) is 2.51. The Morgan fingerprint density at radius 1 is 1.27 bits per heavy atom. The van der Waals surface area contributed by atoms with Crippen LogP contribution in [0.4, 0.5) is 17.5 Å². The quantitative estimate of drug-likeness (QED) is 0.761. The second-order valence-corrected chi connectivity index (χ2v) is 5.94. The Hall–Kier alpha value is -1.85. The molecule has 0 radical (unpaired) electrons. The van der Waals surface area contributed by atoms with Crippen LogP contribution in [0.1, 0.15) is 30.0 Å². The van der Waals surface area contributed by atoms with Crippen molar-refractivity contribution in [1.29, 1.82) is 0 Å². The zero-order valence-corrected chi connectivity index (χ0v) is 13.2.